The predicted octanol–water partition coefficient (Wildman–Crippen LogP) is 3.56. The second-order valence-electron chi connectivity index (χ2n) is 5.35. The van der Waals surface area contributed by atoms with Crippen LogP contribution >= 0.6 is 11.3 Å². The van der Waals surface area contributed by atoms with Gasteiger partial charge in [-0.05, 0) is 30.9 Å². The molecule has 2 aromatic rings. The summed E-state index contributed by atoms with van der Waals surface area (Å²) in [5, 5.41) is 0.696. The van der Waals surface area contributed by atoms with Crippen LogP contribution in [0.15, 0.2) is 36.5 Å². The van der Waals surface area contributed by atoms with E-state index in [1.165, 1.54) is 24.2 Å². The fraction of sp³-hybridized carbons (Fsp3) is 0.333. The minimum atomic E-state index is 0.104. The summed E-state index contributed by atoms with van der Waals surface area (Å²) in [4.78, 5) is 19.4. The number of amides is 1. The maximum Gasteiger partial charge on any atom is 0.265 e. The number of rotatable bonds is 1. The molecule has 3 rings (SSSR count). The molecule has 4 heteroatoms. The molecule has 0 bridgehead atoms. The minimum absolute atomic E-state index is 0.104. The average Bonchev–Trinajstić information content (AvgIpc) is 2.87. The van der Waals surface area contributed by atoms with Crippen LogP contribution in [0.3, 0.4) is 0 Å². The summed E-state index contributed by atoms with van der Waals surface area (Å²) in [5.74, 6) is 6.22. The Morgan fingerprint density at radius 3 is 2.50 bits per heavy atom. The number of thiazole rings is 1. The third-order valence-corrected chi connectivity index (χ3v) is 4.60. The molecule has 0 radical (unpaired) electrons. The highest BCUT2D eigenvalue weighted by atomic mass is 32.1. The van der Waals surface area contributed by atoms with Crippen LogP contribution in [0.1, 0.15) is 45.9 Å². The Morgan fingerprint density at radius 2 is 1.77 bits per heavy atom. The van der Waals surface area contributed by atoms with E-state index in [9.17, 15) is 4.79 Å². The Kier molecular flexibility index (Phi) is 4.87. The first-order valence-corrected chi connectivity index (χ1v) is 8.47. The number of carbonyl (C=O) groups is 1. The lowest BCUT2D eigenvalue weighted by molar-refractivity contribution is 0.0766. The minimum Gasteiger partial charge on any atom is -0.338 e. The first-order chi connectivity index (χ1) is 10.8. The topological polar surface area (TPSA) is 33.2 Å². The van der Waals surface area contributed by atoms with Crippen LogP contribution in [0.4, 0.5) is 0 Å². The first kappa shape index (κ1) is 14.8. The number of carbonyl (C=O) groups excluding carboxylic acids is 1. The molecular weight excluding hydrogens is 292 g/mol. The monoisotopic (exact) mass is 310 g/mol. The highest BCUT2D eigenvalue weighted by Crippen LogP contribution is 2.18. The molecule has 1 saturated heterocycles. The number of hydrogen-bond acceptors (Lipinski definition) is 3. The molecule has 0 aliphatic carbocycles. The molecule has 1 aliphatic rings. The molecule has 1 aromatic heterocycles. The number of hydrogen-bond donors (Lipinski definition) is 0. The lowest BCUT2D eigenvalue weighted by Crippen LogP contribution is -2.31. The summed E-state index contributed by atoms with van der Waals surface area (Å²) in [6.07, 6.45) is 6.31. The van der Waals surface area contributed by atoms with E-state index in [2.05, 4.69) is 16.8 Å². The van der Waals surface area contributed by atoms with Gasteiger partial charge in [0.15, 0.2) is 5.01 Å². The predicted molar refractivity (Wildman–Crippen MR) is 88.9 cm³/mol. The summed E-state index contributed by atoms with van der Waals surface area (Å²) in [7, 11) is 0. The molecule has 112 valence electrons. The Labute approximate surface area is 135 Å². The van der Waals surface area contributed by atoms with Gasteiger partial charge in [-0.3, -0.25) is 4.79 Å². The molecule has 2 heterocycles. The molecule has 0 saturated carbocycles. The van der Waals surface area contributed by atoms with Gasteiger partial charge in [-0.2, -0.15) is 0 Å². The molecule has 0 spiro atoms. The fourth-order valence-corrected chi connectivity index (χ4v) is 3.25. The highest BCUT2D eigenvalue weighted by Gasteiger charge is 2.19. The summed E-state index contributed by atoms with van der Waals surface area (Å²) < 4.78 is 0. The maximum atomic E-state index is 12.5. The molecular formula is C18H18N2OS. The van der Waals surface area contributed by atoms with Crippen LogP contribution in [-0.2, 0) is 0 Å². The zero-order valence-corrected chi connectivity index (χ0v) is 13.2. The molecule has 0 N–H and O–H groups in total. The van der Waals surface area contributed by atoms with Gasteiger partial charge in [0.25, 0.3) is 5.91 Å². The maximum absolute atomic E-state index is 12.5. The number of likely N-dealkylation sites (tertiary alicyclic amines) is 1. The van der Waals surface area contributed by atoms with Crippen LogP contribution in [0.25, 0.3) is 0 Å². The van der Waals surface area contributed by atoms with Crippen molar-refractivity contribution in [3.63, 3.8) is 0 Å². The summed E-state index contributed by atoms with van der Waals surface area (Å²) in [6.45, 7) is 1.73. The van der Waals surface area contributed by atoms with E-state index in [-0.39, 0.29) is 5.91 Å². The van der Waals surface area contributed by atoms with E-state index in [4.69, 9.17) is 0 Å². The highest BCUT2D eigenvalue weighted by molar-refractivity contribution is 7.14. The smallest absolute Gasteiger partial charge is 0.265 e. The second-order valence-corrected chi connectivity index (χ2v) is 6.38. The zero-order valence-electron chi connectivity index (χ0n) is 12.4. The van der Waals surface area contributed by atoms with Crippen molar-refractivity contribution in [3.8, 4) is 11.8 Å². The van der Waals surface area contributed by atoms with Gasteiger partial charge in [0, 0.05) is 18.7 Å². The van der Waals surface area contributed by atoms with Crippen LogP contribution < -0.4 is 0 Å². The van der Waals surface area contributed by atoms with Gasteiger partial charge < -0.3 is 4.90 Å². The third-order valence-electron chi connectivity index (χ3n) is 3.70. The third kappa shape index (κ3) is 3.75. The van der Waals surface area contributed by atoms with Crippen molar-refractivity contribution in [2.75, 3.05) is 13.1 Å². The van der Waals surface area contributed by atoms with Crippen molar-refractivity contribution in [1.82, 2.24) is 9.88 Å². The van der Waals surface area contributed by atoms with E-state index in [0.717, 1.165) is 31.5 Å². The molecule has 0 unspecified atom stereocenters. The first-order valence-electron chi connectivity index (χ1n) is 7.65. The summed E-state index contributed by atoms with van der Waals surface area (Å²) in [5.41, 5.74) is 0.957. The molecule has 1 aromatic carbocycles. The Morgan fingerprint density at radius 1 is 1.05 bits per heavy atom. The number of benzene rings is 1. The fourth-order valence-electron chi connectivity index (χ4n) is 2.51. The normalized spacial score (nSPS) is 14.8. The summed E-state index contributed by atoms with van der Waals surface area (Å²) >= 11 is 1.38. The van der Waals surface area contributed by atoms with Crippen LogP contribution in [0, 0.1) is 11.8 Å². The largest absolute Gasteiger partial charge is 0.338 e. The van der Waals surface area contributed by atoms with E-state index in [1.807, 2.05) is 35.2 Å². The van der Waals surface area contributed by atoms with Gasteiger partial charge in [0.2, 0.25) is 0 Å². The van der Waals surface area contributed by atoms with Crippen LogP contribution in [0.5, 0.6) is 0 Å². The number of nitrogens with zero attached hydrogens (tertiary/aromatic N) is 2. The van der Waals surface area contributed by atoms with Crippen molar-refractivity contribution in [2.24, 2.45) is 0 Å². The summed E-state index contributed by atoms with van der Waals surface area (Å²) in [6, 6.07) is 9.81. The quantitative estimate of drug-likeness (QED) is 0.755. The SMILES string of the molecule is O=C(c1cnc(C#Cc2ccccc2)s1)N1CCCCCC1. The molecule has 3 nitrogen and oxygen atoms in total. The lowest BCUT2D eigenvalue weighted by Gasteiger charge is -2.18. The number of aromatic nitrogens is 1. The zero-order chi connectivity index (χ0) is 15.2. The molecule has 1 aliphatic heterocycles. The average molecular weight is 310 g/mol. The van der Waals surface area contributed by atoms with Gasteiger partial charge in [-0.25, -0.2) is 4.98 Å². The van der Waals surface area contributed by atoms with Gasteiger partial charge in [-0.15, -0.1) is 11.3 Å². The Bertz CT molecular complexity index is 689. The lowest BCUT2D eigenvalue weighted by atomic mass is 10.2. The van der Waals surface area contributed by atoms with E-state index in [1.54, 1.807) is 6.20 Å². The van der Waals surface area contributed by atoms with Crippen molar-refractivity contribution in [3.05, 3.63) is 52.0 Å². The standard InChI is InChI=1S/C18H18N2OS/c21-18(20-12-6-1-2-7-13-20)16-14-19-17(22-16)11-10-15-8-4-3-5-9-15/h3-5,8-9,14H,1-2,6-7,12-13H2. The van der Waals surface area contributed by atoms with E-state index < -0.39 is 0 Å². The molecule has 22 heavy (non-hydrogen) atoms. The second kappa shape index (κ2) is 7.24. The molecule has 1 fully saturated rings. The van der Waals surface area contributed by atoms with E-state index in [0.29, 0.717) is 9.88 Å². The van der Waals surface area contributed by atoms with Gasteiger partial charge >= 0.3 is 0 Å². The Balaban J connectivity index is 1.71. The van der Waals surface area contributed by atoms with Gasteiger partial charge in [-0.1, -0.05) is 37.0 Å². The van der Waals surface area contributed by atoms with Crippen LogP contribution in [0.2, 0.25) is 0 Å². The van der Waals surface area contributed by atoms with Gasteiger partial charge in [0.1, 0.15) is 4.88 Å². The van der Waals surface area contributed by atoms with Crippen molar-refractivity contribution in [2.45, 2.75) is 25.7 Å². The Hall–Kier alpha value is -2.12. The van der Waals surface area contributed by atoms with Crippen LogP contribution in [-0.4, -0.2) is 28.9 Å². The van der Waals surface area contributed by atoms with Gasteiger partial charge in [0.05, 0.1) is 6.20 Å². The van der Waals surface area contributed by atoms with E-state index >= 15 is 0 Å². The van der Waals surface area contributed by atoms with Crippen molar-refractivity contribution >= 4 is 17.2 Å². The molecule has 0 atom stereocenters. The van der Waals surface area contributed by atoms with Crippen molar-refractivity contribution < 1.29 is 4.79 Å². The molecule has 1 amide bonds. The van der Waals surface area contributed by atoms with Crippen molar-refractivity contribution in [1.29, 1.82) is 0 Å².